The van der Waals surface area contributed by atoms with E-state index in [0.29, 0.717) is 6.07 Å². The number of alkyl halides is 3. The number of rotatable bonds is 4. The van der Waals surface area contributed by atoms with E-state index < -0.39 is 45.1 Å². The minimum absolute atomic E-state index is 0.242. The zero-order valence-corrected chi connectivity index (χ0v) is 10.7. The van der Waals surface area contributed by atoms with Gasteiger partial charge in [0.05, 0.1) is 16.5 Å². The summed E-state index contributed by atoms with van der Waals surface area (Å²) in [4.78, 5) is -0.748. The van der Waals surface area contributed by atoms with Crippen LogP contribution >= 0.6 is 11.6 Å². The van der Waals surface area contributed by atoms with Crippen LogP contribution in [0.3, 0.4) is 0 Å². The number of halogens is 5. The molecule has 0 amide bonds. The fourth-order valence-electron chi connectivity index (χ4n) is 1.15. The first-order valence-electron chi connectivity index (χ1n) is 4.72. The summed E-state index contributed by atoms with van der Waals surface area (Å²) in [5, 5.41) is 8.36. The van der Waals surface area contributed by atoms with Crippen LogP contribution in [0.4, 0.5) is 17.6 Å². The van der Waals surface area contributed by atoms with E-state index in [1.807, 2.05) is 0 Å². The standard InChI is InChI=1S/C9H8ClF4NO3S/c10-8-5(3-16)1-6(2-7(8)11)19(17,18)15-4-9(12,13)14/h1-2,15-16H,3-4H2. The van der Waals surface area contributed by atoms with E-state index in [4.69, 9.17) is 16.7 Å². The number of aliphatic hydroxyl groups is 1. The summed E-state index contributed by atoms with van der Waals surface area (Å²) in [6.45, 7) is -2.54. The molecule has 0 unspecified atom stereocenters. The molecule has 1 aromatic carbocycles. The average molecular weight is 322 g/mol. The maximum absolute atomic E-state index is 13.3. The fraction of sp³-hybridized carbons (Fsp3) is 0.333. The molecule has 1 rings (SSSR count). The van der Waals surface area contributed by atoms with E-state index in [-0.39, 0.29) is 5.56 Å². The van der Waals surface area contributed by atoms with Crippen LogP contribution in [0.5, 0.6) is 0 Å². The van der Waals surface area contributed by atoms with Gasteiger partial charge in [0.25, 0.3) is 0 Å². The third-order valence-electron chi connectivity index (χ3n) is 2.02. The monoisotopic (exact) mass is 321 g/mol. The van der Waals surface area contributed by atoms with E-state index in [2.05, 4.69) is 0 Å². The topological polar surface area (TPSA) is 66.4 Å². The molecule has 1 aromatic rings. The zero-order valence-electron chi connectivity index (χ0n) is 9.13. The van der Waals surface area contributed by atoms with Crippen molar-refractivity contribution in [3.8, 4) is 0 Å². The summed E-state index contributed by atoms with van der Waals surface area (Å²) in [7, 11) is -4.55. The lowest BCUT2D eigenvalue weighted by Crippen LogP contribution is -2.33. The predicted molar refractivity (Wildman–Crippen MR) is 58.6 cm³/mol. The Morgan fingerprint density at radius 2 is 1.89 bits per heavy atom. The molecule has 0 atom stereocenters. The summed E-state index contributed by atoms with van der Waals surface area (Å²) >= 11 is 5.43. The largest absolute Gasteiger partial charge is 0.402 e. The van der Waals surface area contributed by atoms with Crippen LogP contribution in [0.15, 0.2) is 17.0 Å². The Kier molecular flexibility index (Phi) is 4.77. The normalized spacial score (nSPS) is 12.7. The van der Waals surface area contributed by atoms with E-state index in [1.54, 1.807) is 0 Å². The van der Waals surface area contributed by atoms with E-state index >= 15 is 0 Å². The van der Waals surface area contributed by atoms with Crippen molar-refractivity contribution in [2.45, 2.75) is 17.7 Å². The molecule has 108 valence electrons. The first kappa shape index (κ1) is 16.2. The summed E-state index contributed by atoms with van der Waals surface area (Å²) in [6, 6.07) is 1.27. The van der Waals surface area contributed by atoms with Crippen molar-refractivity contribution in [2.75, 3.05) is 6.54 Å². The van der Waals surface area contributed by atoms with Crippen LogP contribution in [0.25, 0.3) is 0 Å². The Bertz CT molecular complexity index is 574. The highest BCUT2D eigenvalue weighted by Gasteiger charge is 2.30. The summed E-state index contributed by atoms with van der Waals surface area (Å²) in [6.07, 6.45) is -4.74. The number of aliphatic hydroxyl groups excluding tert-OH is 1. The Balaban J connectivity index is 3.12. The smallest absolute Gasteiger partial charge is 0.392 e. The van der Waals surface area contributed by atoms with Crippen LogP contribution in [0.2, 0.25) is 5.02 Å². The molecule has 0 aromatic heterocycles. The van der Waals surface area contributed by atoms with Gasteiger partial charge in [-0.1, -0.05) is 11.6 Å². The van der Waals surface area contributed by atoms with Crippen LogP contribution in [-0.2, 0) is 16.6 Å². The van der Waals surface area contributed by atoms with E-state index in [1.165, 1.54) is 4.72 Å². The number of nitrogens with one attached hydrogen (secondary N) is 1. The highest BCUT2D eigenvalue weighted by Crippen LogP contribution is 2.24. The van der Waals surface area contributed by atoms with Crippen LogP contribution < -0.4 is 4.72 Å². The molecule has 2 N–H and O–H groups in total. The van der Waals surface area contributed by atoms with Gasteiger partial charge in [-0.15, -0.1) is 0 Å². The lowest BCUT2D eigenvalue weighted by molar-refractivity contribution is -0.121. The third kappa shape index (κ3) is 4.30. The molecule has 0 saturated heterocycles. The van der Waals surface area contributed by atoms with Crippen LogP contribution in [-0.4, -0.2) is 26.2 Å². The molecule has 0 spiro atoms. The highest BCUT2D eigenvalue weighted by molar-refractivity contribution is 7.89. The lowest BCUT2D eigenvalue weighted by atomic mass is 10.2. The molecule has 10 heteroatoms. The molecule has 0 saturated carbocycles. The van der Waals surface area contributed by atoms with Gasteiger partial charge in [-0.05, 0) is 12.1 Å². The summed E-state index contributed by atoms with van der Waals surface area (Å²) in [5.41, 5.74) is -0.242. The molecule has 0 radical (unpaired) electrons. The highest BCUT2D eigenvalue weighted by atomic mass is 35.5. The molecular formula is C9H8ClF4NO3S. The average Bonchev–Trinajstić information content (AvgIpc) is 2.29. The van der Waals surface area contributed by atoms with Crippen LogP contribution in [0.1, 0.15) is 5.56 Å². The fourth-order valence-corrected chi connectivity index (χ4v) is 2.39. The molecule has 0 bridgehead atoms. The van der Waals surface area contributed by atoms with Gasteiger partial charge >= 0.3 is 6.18 Å². The number of hydrogen-bond donors (Lipinski definition) is 2. The van der Waals surface area contributed by atoms with Crippen LogP contribution in [0, 0.1) is 5.82 Å². The number of sulfonamides is 1. The van der Waals surface area contributed by atoms with Crippen molar-refractivity contribution in [1.29, 1.82) is 0 Å². The second-order valence-corrected chi connectivity index (χ2v) is 5.62. The van der Waals surface area contributed by atoms with Gasteiger partial charge in [0, 0.05) is 5.56 Å². The number of benzene rings is 1. The first-order valence-corrected chi connectivity index (χ1v) is 6.58. The Morgan fingerprint density at radius 3 is 2.37 bits per heavy atom. The number of hydrogen-bond acceptors (Lipinski definition) is 3. The van der Waals surface area contributed by atoms with Crippen molar-refractivity contribution in [3.05, 3.63) is 28.5 Å². The lowest BCUT2D eigenvalue weighted by Gasteiger charge is -2.11. The Hall–Kier alpha value is -0.900. The Morgan fingerprint density at radius 1 is 1.32 bits per heavy atom. The zero-order chi connectivity index (χ0) is 14.8. The second-order valence-electron chi connectivity index (χ2n) is 3.48. The van der Waals surface area contributed by atoms with Gasteiger partial charge in [0.15, 0.2) is 0 Å². The van der Waals surface area contributed by atoms with Gasteiger partial charge in [0.2, 0.25) is 10.0 Å². The van der Waals surface area contributed by atoms with Crippen molar-refractivity contribution >= 4 is 21.6 Å². The van der Waals surface area contributed by atoms with Gasteiger partial charge in [0.1, 0.15) is 12.4 Å². The third-order valence-corrected chi connectivity index (χ3v) is 3.82. The molecule has 0 fully saturated rings. The summed E-state index contributed by atoms with van der Waals surface area (Å²) in [5.74, 6) is -1.15. The van der Waals surface area contributed by atoms with Crippen molar-refractivity contribution in [2.24, 2.45) is 0 Å². The minimum atomic E-state index is -4.74. The first-order chi connectivity index (χ1) is 8.57. The molecule has 0 aliphatic carbocycles. The van der Waals surface area contributed by atoms with Gasteiger partial charge < -0.3 is 5.11 Å². The predicted octanol–water partition coefficient (Wildman–Crippen LogP) is 1.81. The van der Waals surface area contributed by atoms with Gasteiger partial charge in [-0.3, -0.25) is 0 Å². The molecule has 0 aliphatic heterocycles. The van der Waals surface area contributed by atoms with Crippen molar-refractivity contribution < 1.29 is 31.1 Å². The molecule has 4 nitrogen and oxygen atoms in total. The Labute approximate surface area is 111 Å². The summed E-state index contributed by atoms with van der Waals surface area (Å²) < 4.78 is 73.3. The second kappa shape index (κ2) is 5.61. The van der Waals surface area contributed by atoms with Crippen molar-refractivity contribution in [3.63, 3.8) is 0 Å². The molecule has 0 aliphatic rings. The van der Waals surface area contributed by atoms with Crippen molar-refractivity contribution in [1.82, 2.24) is 4.72 Å². The maximum atomic E-state index is 13.3. The van der Waals surface area contributed by atoms with E-state index in [9.17, 15) is 26.0 Å². The maximum Gasteiger partial charge on any atom is 0.402 e. The van der Waals surface area contributed by atoms with Gasteiger partial charge in [-0.2, -0.15) is 13.2 Å². The molecular weight excluding hydrogens is 314 g/mol. The van der Waals surface area contributed by atoms with Gasteiger partial charge in [-0.25, -0.2) is 17.5 Å². The minimum Gasteiger partial charge on any atom is -0.392 e. The van der Waals surface area contributed by atoms with E-state index in [0.717, 1.165) is 6.07 Å². The quantitative estimate of drug-likeness (QED) is 0.831. The molecule has 19 heavy (non-hydrogen) atoms. The molecule has 0 heterocycles. The SMILES string of the molecule is O=S(=O)(NCC(F)(F)F)c1cc(F)c(Cl)c(CO)c1.